The van der Waals surface area contributed by atoms with E-state index in [1.165, 1.54) is 10.1 Å². The van der Waals surface area contributed by atoms with Gasteiger partial charge in [-0.25, -0.2) is 15.0 Å². The first kappa shape index (κ1) is 21.5. The molecule has 0 fully saturated rings. The summed E-state index contributed by atoms with van der Waals surface area (Å²) in [6.45, 7) is 0. The highest BCUT2D eigenvalue weighted by atomic mass is 32.1. The van der Waals surface area contributed by atoms with Gasteiger partial charge in [-0.15, -0.1) is 34.0 Å². The first-order valence-electron chi connectivity index (χ1n) is 17.9. The summed E-state index contributed by atoms with van der Waals surface area (Å²) in [7, 11) is 0. The van der Waals surface area contributed by atoms with Gasteiger partial charge in [0.15, 0.2) is 17.5 Å². The van der Waals surface area contributed by atoms with Gasteiger partial charge in [-0.3, -0.25) is 0 Å². The molecule has 10 aromatic rings. The summed E-state index contributed by atoms with van der Waals surface area (Å²) in [5.74, 6) is 0.860. The van der Waals surface area contributed by atoms with Crippen LogP contribution in [-0.2, 0) is 0 Å². The summed E-state index contributed by atoms with van der Waals surface area (Å²) in [6.07, 6.45) is 0. The molecule has 10 rings (SSSR count). The maximum absolute atomic E-state index is 9.56. The zero-order chi connectivity index (χ0) is 36.1. The highest BCUT2D eigenvalue weighted by Crippen LogP contribution is 2.42. The number of rotatable bonds is 4. The van der Waals surface area contributed by atoms with Crippen LogP contribution in [-0.4, -0.2) is 15.0 Å². The predicted molar refractivity (Wildman–Crippen MR) is 203 cm³/mol. The minimum atomic E-state index is -0.231. The van der Waals surface area contributed by atoms with E-state index < -0.39 is 0 Å². The first-order valence-corrected chi connectivity index (χ1v) is 17.4. The molecule has 0 atom stereocenters. The normalized spacial score (nSPS) is 13.6. The lowest BCUT2D eigenvalue weighted by atomic mass is 9.98. The van der Waals surface area contributed by atoms with E-state index in [1.54, 1.807) is 22.7 Å². The molecule has 0 amide bonds. The monoisotopic (exact) mass is 659 g/mol. The smallest absolute Gasteiger partial charge is 0.164 e. The van der Waals surface area contributed by atoms with Crippen LogP contribution in [0.5, 0.6) is 0 Å². The van der Waals surface area contributed by atoms with E-state index in [4.69, 9.17) is 19.1 Å². The van der Waals surface area contributed by atoms with E-state index in [0.717, 1.165) is 42.6 Å². The van der Waals surface area contributed by atoms with Crippen molar-refractivity contribution in [2.75, 3.05) is 0 Å². The third-order valence-corrected chi connectivity index (χ3v) is 11.4. The summed E-state index contributed by atoms with van der Waals surface area (Å²) in [4.78, 5) is 14.6. The van der Waals surface area contributed by atoms with Crippen molar-refractivity contribution >= 4 is 84.4 Å². The summed E-state index contributed by atoms with van der Waals surface area (Å²) in [6, 6.07) is 30.8. The molecule has 4 heterocycles. The van der Waals surface area contributed by atoms with E-state index in [9.17, 15) is 4.11 Å². The van der Waals surface area contributed by atoms with Crippen molar-refractivity contribution in [1.29, 1.82) is 0 Å². The fourth-order valence-corrected chi connectivity index (χ4v) is 9.08. The molecule has 47 heavy (non-hydrogen) atoms. The minimum Gasteiger partial charge on any atom is -0.208 e. The Kier molecular flexibility index (Phi) is 4.87. The molecule has 220 valence electrons. The van der Waals surface area contributed by atoms with Gasteiger partial charge in [-0.1, -0.05) is 97.0 Å². The van der Waals surface area contributed by atoms with Crippen molar-refractivity contribution in [3.05, 3.63) is 139 Å². The molecule has 0 saturated heterocycles. The maximum Gasteiger partial charge on any atom is 0.164 e. The van der Waals surface area contributed by atoms with Gasteiger partial charge in [-0.05, 0) is 58.2 Å². The second-order valence-corrected chi connectivity index (χ2v) is 14.2. The highest BCUT2D eigenvalue weighted by Gasteiger charge is 2.17. The Bertz CT molecular complexity index is 3150. The molecule has 0 spiro atoms. The van der Waals surface area contributed by atoms with Crippen LogP contribution in [0.3, 0.4) is 0 Å². The van der Waals surface area contributed by atoms with Crippen LogP contribution in [0.4, 0.5) is 0 Å². The third-order valence-electron chi connectivity index (χ3n) is 8.35. The lowest BCUT2D eigenvalue weighted by Crippen LogP contribution is -2.00. The Morgan fingerprint density at radius 3 is 2.15 bits per heavy atom. The Hall–Kier alpha value is -5.27. The molecule has 0 unspecified atom stereocenters. The molecule has 6 heteroatoms. The first-order chi connectivity index (χ1) is 25.8. The number of benzene rings is 6. The van der Waals surface area contributed by atoms with Crippen molar-refractivity contribution < 1.29 is 8.22 Å². The van der Waals surface area contributed by atoms with Gasteiger partial charge in [0, 0.05) is 61.7 Å². The van der Waals surface area contributed by atoms with Crippen molar-refractivity contribution in [1.82, 2.24) is 15.0 Å². The summed E-state index contributed by atoms with van der Waals surface area (Å²) in [5, 5.41) is 6.14. The van der Waals surface area contributed by atoms with Crippen LogP contribution in [0.15, 0.2) is 139 Å². The Morgan fingerprint density at radius 1 is 0.489 bits per heavy atom. The average Bonchev–Trinajstić information content (AvgIpc) is 3.92. The molecule has 0 aliphatic carbocycles. The van der Waals surface area contributed by atoms with Crippen LogP contribution >= 0.6 is 34.0 Å². The van der Waals surface area contributed by atoms with Crippen molar-refractivity contribution in [2.45, 2.75) is 0 Å². The lowest BCUT2D eigenvalue weighted by molar-refractivity contribution is 1.08. The van der Waals surface area contributed by atoms with Crippen molar-refractivity contribution in [2.24, 2.45) is 0 Å². The third kappa shape index (κ3) is 4.48. The Morgan fingerprint density at radius 2 is 1.23 bits per heavy atom. The van der Waals surface area contributed by atoms with Crippen LogP contribution in [0, 0.1) is 0 Å². The lowest BCUT2D eigenvalue weighted by Gasteiger charge is -2.09. The fourth-order valence-electron chi connectivity index (χ4n) is 6.08. The average molecular weight is 660 g/mol. The zero-order valence-corrected chi connectivity index (χ0v) is 26.8. The van der Waals surface area contributed by atoms with Crippen LogP contribution in [0.1, 0.15) is 8.22 Å². The molecule has 6 aromatic carbocycles. The van der Waals surface area contributed by atoms with E-state index in [0.29, 0.717) is 42.9 Å². The van der Waals surface area contributed by atoms with Crippen LogP contribution < -0.4 is 0 Å². The Labute approximate surface area is 290 Å². The SMILES string of the molecule is [2H]c1c([2H])c(-c2ccc3ccsc3c2)c2c(sc3c([2H])c(-c4nc(-c5ccccc5)nc(-c5ccc6c(c5)sc5ccccc56)n4)c([2H])c([2H])c32)c1[2H]. The van der Waals surface area contributed by atoms with Crippen LogP contribution in [0.2, 0.25) is 0 Å². The molecule has 0 bridgehead atoms. The van der Waals surface area contributed by atoms with E-state index in [-0.39, 0.29) is 47.6 Å². The van der Waals surface area contributed by atoms with Crippen molar-refractivity contribution in [3.63, 3.8) is 0 Å². The number of hydrogen-bond donors (Lipinski definition) is 0. The summed E-state index contributed by atoms with van der Waals surface area (Å²) < 4.78 is 59.0. The second kappa shape index (κ2) is 10.6. The standard InChI is InChI=1S/C41H23N3S3/c1-2-7-25(8-3-1)39-42-40(27-15-17-31-30-9-4-5-11-33(30)46-36(31)22-27)44-41(43-39)28-16-18-32-37(23-28)47-34-12-6-10-29(38(32)34)26-14-13-24-19-20-45-35(24)21-26/h1-23H/i6D,10D,12D,16D,18D,23D. The fraction of sp³-hybridized carbons (Fsp3) is 0. The molecule has 0 aliphatic rings. The number of nitrogens with zero attached hydrogens (tertiary/aromatic N) is 3. The van der Waals surface area contributed by atoms with E-state index >= 15 is 0 Å². The predicted octanol–water partition coefficient (Wildman–Crippen LogP) is 12.5. The number of aromatic nitrogens is 3. The number of thiophene rings is 3. The zero-order valence-electron chi connectivity index (χ0n) is 30.4. The molecule has 3 nitrogen and oxygen atoms in total. The molecular formula is C41H23N3S3. The molecule has 0 radical (unpaired) electrons. The second-order valence-electron chi connectivity index (χ2n) is 11.2. The van der Waals surface area contributed by atoms with Gasteiger partial charge in [0.05, 0.1) is 8.22 Å². The van der Waals surface area contributed by atoms with Gasteiger partial charge < -0.3 is 0 Å². The van der Waals surface area contributed by atoms with Gasteiger partial charge in [0.1, 0.15) is 0 Å². The summed E-state index contributed by atoms with van der Waals surface area (Å²) in [5.41, 5.74) is 2.70. The summed E-state index contributed by atoms with van der Waals surface area (Å²) >= 11 is 4.40. The molecule has 0 N–H and O–H groups in total. The molecule has 4 aromatic heterocycles. The van der Waals surface area contributed by atoms with Gasteiger partial charge in [0.2, 0.25) is 0 Å². The maximum atomic E-state index is 9.56. The number of hydrogen-bond acceptors (Lipinski definition) is 6. The highest BCUT2D eigenvalue weighted by molar-refractivity contribution is 7.26. The quantitative estimate of drug-likeness (QED) is 0.189. The van der Waals surface area contributed by atoms with E-state index in [2.05, 4.69) is 24.3 Å². The molecular weight excluding hydrogens is 631 g/mol. The van der Waals surface area contributed by atoms with Crippen molar-refractivity contribution in [3.8, 4) is 45.3 Å². The van der Waals surface area contributed by atoms with E-state index in [1.807, 2.05) is 78.2 Å². The topological polar surface area (TPSA) is 38.7 Å². The largest absolute Gasteiger partial charge is 0.208 e. The Balaban J connectivity index is 1.24. The molecule has 0 aliphatic heterocycles. The van der Waals surface area contributed by atoms with Gasteiger partial charge in [0.25, 0.3) is 0 Å². The van der Waals surface area contributed by atoms with Gasteiger partial charge >= 0.3 is 0 Å². The molecule has 0 saturated carbocycles. The van der Waals surface area contributed by atoms with Crippen LogP contribution in [0.25, 0.3) is 95.7 Å². The minimum absolute atomic E-state index is 0.0459. The number of fused-ring (bicyclic) bond motifs is 7. The van der Waals surface area contributed by atoms with Gasteiger partial charge in [-0.2, -0.15) is 0 Å².